The number of rotatable bonds is 9. The van der Waals surface area contributed by atoms with Crippen molar-refractivity contribution in [2.45, 2.75) is 24.0 Å². The molecule has 16 nitrogen and oxygen atoms in total. The first kappa shape index (κ1) is 27.5. The normalized spacial score (nSPS) is 30.1. The first-order valence-corrected chi connectivity index (χ1v) is 12.7. The van der Waals surface area contributed by atoms with Gasteiger partial charge < -0.3 is 34.5 Å². The second-order valence-corrected chi connectivity index (χ2v) is 11.0. The van der Waals surface area contributed by atoms with E-state index in [0.29, 0.717) is 10.8 Å². The molecule has 0 spiro atoms. The van der Waals surface area contributed by atoms with Crippen LogP contribution in [0.3, 0.4) is 0 Å². The number of aromatic nitrogens is 2. The molecule has 7 N–H and O–H groups in total. The van der Waals surface area contributed by atoms with Gasteiger partial charge in [-0.05, 0) is 0 Å². The molecule has 0 amide bonds. The van der Waals surface area contributed by atoms with Crippen molar-refractivity contribution in [1.82, 2.24) is 9.55 Å². The molecule has 0 aromatic carbocycles. The predicted octanol–water partition coefficient (Wildman–Crippen LogP) is -0.653. The summed E-state index contributed by atoms with van der Waals surface area (Å²) < 4.78 is 76.8. The molecule has 1 aliphatic heterocycles. The SMILES string of the molecule is O=c1[nH]c(=S)c(F)cn1[C@@H]1O[C@H](COP(=O)(O)OP(=O)(O)OP(=O)(O)O)C(O)[C@]1(O)CF. The summed E-state index contributed by atoms with van der Waals surface area (Å²) in [7, 11) is -17.1. The molecule has 1 fully saturated rings. The van der Waals surface area contributed by atoms with Gasteiger partial charge >= 0.3 is 29.2 Å². The number of aromatic amines is 1. The Hall–Kier alpha value is -0.750. The number of H-pyrrole nitrogens is 1. The lowest BCUT2D eigenvalue weighted by Gasteiger charge is -2.28. The third-order valence-corrected chi connectivity index (χ3v) is 7.90. The Labute approximate surface area is 180 Å². The molecule has 2 heterocycles. The van der Waals surface area contributed by atoms with Crippen LogP contribution in [0, 0.1) is 10.5 Å². The summed E-state index contributed by atoms with van der Waals surface area (Å²) in [5, 5.41) is 20.6. The van der Waals surface area contributed by atoms with Gasteiger partial charge in [-0.1, -0.05) is 12.2 Å². The van der Waals surface area contributed by atoms with Gasteiger partial charge in [0.15, 0.2) is 17.6 Å². The number of alkyl halides is 1. The van der Waals surface area contributed by atoms with Crippen LogP contribution in [0.4, 0.5) is 8.78 Å². The monoisotopic (exact) mass is 550 g/mol. The van der Waals surface area contributed by atoms with Crippen LogP contribution in [0.15, 0.2) is 11.0 Å². The van der Waals surface area contributed by atoms with Crippen molar-refractivity contribution >= 4 is 35.7 Å². The largest absolute Gasteiger partial charge is 0.490 e. The maximum Gasteiger partial charge on any atom is 0.490 e. The quantitative estimate of drug-likeness (QED) is 0.149. The Morgan fingerprint density at radius 1 is 1.22 bits per heavy atom. The highest BCUT2D eigenvalue weighted by Crippen LogP contribution is 2.66. The minimum atomic E-state index is -5.84. The maximum atomic E-state index is 13.7. The molecular weight excluding hydrogens is 535 g/mol. The lowest BCUT2D eigenvalue weighted by atomic mass is 9.95. The van der Waals surface area contributed by atoms with E-state index in [-0.39, 0.29) is 0 Å². The van der Waals surface area contributed by atoms with Gasteiger partial charge in [-0.25, -0.2) is 27.3 Å². The highest BCUT2D eigenvalue weighted by molar-refractivity contribution is 7.71. The van der Waals surface area contributed by atoms with Gasteiger partial charge in [0.05, 0.1) is 12.8 Å². The molecule has 0 radical (unpaired) electrons. The Balaban J connectivity index is 2.22. The average Bonchev–Trinajstić information content (AvgIpc) is 2.85. The molecule has 1 aliphatic rings. The number of halogens is 2. The summed E-state index contributed by atoms with van der Waals surface area (Å²) in [6.45, 7) is -3.04. The van der Waals surface area contributed by atoms with Crippen molar-refractivity contribution in [2.75, 3.05) is 13.3 Å². The van der Waals surface area contributed by atoms with E-state index >= 15 is 0 Å². The van der Waals surface area contributed by atoms with Crippen LogP contribution in [0.2, 0.25) is 0 Å². The van der Waals surface area contributed by atoms with Crippen molar-refractivity contribution in [1.29, 1.82) is 0 Å². The smallest absolute Gasteiger partial charge is 0.387 e. The van der Waals surface area contributed by atoms with Gasteiger partial charge in [-0.15, -0.1) is 0 Å². The minimum absolute atomic E-state index is 0.304. The fraction of sp³-hybridized carbons (Fsp3) is 0.600. The van der Waals surface area contributed by atoms with Crippen LogP contribution in [-0.4, -0.2) is 70.4 Å². The molecule has 0 bridgehead atoms. The van der Waals surface area contributed by atoms with E-state index in [4.69, 9.17) is 19.4 Å². The van der Waals surface area contributed by atoms with Crippen LogP contribution >= 0.6 is 35.7 Å². The fourth-order valence-electron chi connectivity index (χ4n) is 2.51. The number of ether oxygens (including phenoxy) is 1. The number of phosphoric ester groups is 1. The Bertz CT molecular complexity index is 1120. The van der Waals surface area contributed by atoms with Gasteiger partial charge in [0, 0.05) is 0 Å². The predicted molar refractivity (Wildman–Crippen MR) is 96.5 cm³/mol. The van der Waals surface area contributed by atoms with Crippen molar-refractivity contribution in [3.05, 3.63) is 27.1 Å². The maximum absolute atomic E-state index is 13.7. The van der Waals surface area contributed by atoms with E-state index in [1.807, 2.05) is 4.98 Å². The van der Waals surface area contributed by atoms with Crippen LogP contribution in [0.25, 0.3) is 0 Å². The molecule has 32 heavy (non-hydrogen) atoms. The molecule has 2 rings (SSSR count). The topological polar surface area (TPSA) is 247 Å². The van der Waals surface area contributed by atoms with Crippen LogP contribution in [-0.2, 0) is 31.6 Å². The zero-order valence-electron chi connectivity index (χ0n) is 15.1. The highest BCUT2D eigenvalue weighted by atomic mass is 32.1. The van der Waals surface area contributed by atoms with E-state index in [2.05, 4.69) is 25.4 Å². The van der Waals surface area contributed by atoms with Crippen molar-refractivity contribution in [3.8, 4) is 0 Å². The summed E-state index contributed by atoms with van der Waals surface area (Å²) in [5.41, 5.74) is -4.09. The van der Waals surface area contributed by atoms with Crippen molar-refractivity contribution in [3.63, 3.8) is 0 Å². The fourth-order valence-corrected chi connectivity index (χ4v) is 5.68. The molecule has 1 aromatic rings. The van der Waals surface area contributed by atoms with E-state index in [1.165, 1.54) is 0 Å². The van der Waals surface area contributed by atoms with Gasteiger partial charge in [0.2, 0.25) is 0 Å². The summed E-state index contributed by atoms with van der Waals surface area (Å²) >= 11 is 4.50. The molecule has 3 unspecified atom stereocenters. The first-order chi connectivity index (χ1) is 14.4. The highest BCUT2D eigenvalue weighted by Gasteiger charge is 2.57. The Morgan fingerprint density at radius 2 is 1.81 bits per heavy atom. The number of aliphatic hydroxyl groups excluding tert-OH is 1. The number of nitrogens with one attached hydrogen (secondary N) is 1. The van der Waals surface area contributed by atoms with E-state index < -0.39 is 76.9 Å². The summed E-state index contributed by atoms with van der Waals surface area (Å²) in [6, 6.07) is 0. The van der Waals surface area contributed by atoms with E-state index in [0.717, 1.165) is 0 Å². The number of hydrogen-bond acceptors (Lipinski definition) is 11. The summed E-state index contributed by atoms with van der Waals surface area (Å²) in [6.07, 6.45) is -5.86. The molecule has 0 saturated carbocycles. The van der Waals surface area contributed by atoms with Gasteiger partial charge in [-0.2, -0.15) is 8.62 Å². The van der Waals surface area contributed by atoms with E-state index in [9.17, 15) is 42.4 Å². The second kappa shape index (κ2) is 9.48. The van der Waals surface area contributed by atoms with Gasteiger partial charge in [0.25, 0.3) is 0 Å². The molecule has 0 aliphatic carbocycles. The molecule has 1 saturated heterocycles. The number of phosphoric acid groups is 3. The van der Waals surface area contributed by atoms with Crippen LogP contribution < -0.4 is 5.69 Å². The third-order valence-electron chi connectivity index (χ3n) is 3.80. The standard InChI is InChI=1S/C10H15F2N2O14P3S/c11-3-10(17)6(15)5(26-8(10)14-1-4(12)7(32)13-9(14)16)2-25-30(21,22)28-31(23,24)27-29(18,19)20/h1,5-6,8,15,17H,2-3H2,(H,21,22)(H,23,24)(H,13,16,32)(H2,18,19,20)/t5-,6?,8-,10-/m1/s1. The zero-order valence-corrected chi connectivity index (χ0v) is 18.6. The number of hydrogen-bond donors (Lipinski definition) is 7. The number of nitrogens with zero attached hydrogens (tertiary/aromatic N) is 1. The van der Waals surface area contributed by atoms with Crippen molar-refractivity contribution < 1.29 is 70.1 Å². The van der Waals surface area contributed by atoms with Gasteiger partial charge in [-0.3, -0.25) is 14.1 Å². The van der Waals surface area contributed by atoms with Crippen LogP contribution in [0.1, 0.15) is 6.23 Å². The molecule has 1 aromatic heterocycles. The van der Waals surface area contributed by atoms with Crippen LogP contribution in [0.5, 0.6) is 0 Å². The molecular formula is C10H15F2N2O14P3S. The van der Waals surface area contributed by atoms with Crippen molar-refractivity contribution in [2.24, 2.45) is 0 Å². The van der Waals surface area contributed by atoms with Gasteiger partial charge in [0.1, 0.15) is 23.5 Å². The zero-order chi connectivity index (χ0) is 24.7. The van der Waals surface area contributed by atoms with E-state index in [1.54, 1.807) is 0 Å². The molecule has 22 heteroatoms. The summed E-state index contributed by atoms with van der Waals surface area (Å²) in [5.74, 6) is -1.18. The Morgan fingerprint density at radius 3 is 2.34 bits per heavy atom. The average molecular weight is 550 g/mol. The Kier molecular flexibility index (Phi) is 8.15. The molecule has 6 atom stereocenters. The lowest BCUT2D eigenvalue weighted by molar-refractivity contribution is -0.121. The second-order valence-electron chi connectivity index (χ2n) is 6.13. The minimum Gasteiger partial charge on any atom is -0.387 e. The lowest BCUT2D eigenvalue weighted by Crippen LogP contribution is -2.50. The number of aliphatic hydroxyl groups is 2. The summed E-state index contributed by atoms with van der Waals surface area (Å²) in [4.78, 5) is 49.2. The third kappa shape index (κ3) is 6.43. The molecule has 184 valence electrons. The first-order valence-electron chi connectivity index (χ1n) is 7.82.